The summed E-state index contributed by atoms with van der Waals surface area (Å²) in [5.74, 6) is 2.06. The molecule has 0 aromatic carbocycles. The van der Waals surface area contributed by atoms with Gasteiger partial charge in [0.05, 0.1) is 0 Å². The van der Waals surface area contributed by atoms with Gasteiger partial charge in [-0.15, -0.1) is 0 Å². The molecule has 21 heavy (non-hydrogen) atoms. The predicted molar refractivity (Wildman–Crippen MR) is 87.5 cm³/mol. The van der Waals surface area contributed by atoms with Crippen LogP contribution in [0, 0.1) is 17.3 Å². The molecule has 1 spiro atoms. The Morgan fingerprint density at radius 3 is 1.95 bits per heavy atom. The molecule has 4 fully saturated rings. The standard InChI is InChI=1S/C18H33N3/c1-19-10-6-18(7-11-19)14-21(15-18)13-17-4-8-20(9-5-17)12-16-2-3-16/h16-17H,2-15H2,1H3. The Bertz CT molecular complexity index is 341. The van der Waals surface area contributed by atoms with Gasteiger partial charge in [0.2, 0.25) is 0 Å². The maximum absolute atomic E-state index is 2.77. The minimum Gasteiger partial charge on any atom is -0.306 e. The second-order valence-electron chi connectivity index (χ2n) is 8.66. The van der Waals surface area contributed by atoms with Crippen LogP contribution < -0.4 is 0 Å². The van der Waals surface area contributed by atoms with Crippen LogP contribution in [0.15, 0.2) is 0 Å². The third-order valence-electron chi connectivity index (χ3n) is 6.60. The van der Waals surface area contributed by atoms with Crippen molar-refractivity contribution in [3.8, 4) is 0 Å². The van der Waals surface area contributed by atoms with Crippen LogP contribution in [0.25, 0.3) is 0 Å². The minimum atomic E-state index is 0.721. The first-order chi connectivity index (χ1) is 10.2. The van der Waals surface area contributed by atoms with Crippen molar-refractivity contribution in [2.75, 3.05) is 59.4 Å². The highest BCUT2D eigenvalue weighted by molar-refractivity contribution is 4.98. The molecule has 4 rings (SSSR count). The van der Waals surface area contributed by atoms with Gasteiger partial charge < -0.3 is 14.7 Å². The van der Waals surface area contributed by atoms with Crippen LogP contribution in [0.2, 0.25) is 0 Å². The molecule has 0 aromatic rings. The minimum absolute atomic E-state index is 0.721. The molecule has 0 aromatic heterocycles. The van der Waals surface area contributed by atoms with E-state index in [1.54, 1.807) is 0 Å². The Balaban J connectivity index is 1.15. The van der Waals surface area contributed by atoms with Crippen molar-refractivity contribution in [3.63, 3.8) is 0 Å². The smallest absolute Gasteiger partial charge is 0.00516 e. The zero-order valence-electron chi connectivity index (χ0n) is 13.9. The number of hydrogen-bond donors (Lipinski definition) is 0. The molecule has 0 bridgehead atoms. The second-order valence-corrected chi connectivity index (χ2v) is 8.66. The van der Waals surface area contributed by atoms with Gasteiger partial charge in [0.1, 0.15) is 0 Å². The van der Waals surface area contributed by atoms with Crippen molar-refractivity contribution in [1.82, 2.24) is 14.7 Å². The SMILES string of the molecule is CN1CCC2(CC1)CN(CC1CCN(CC3CC3)CC1)C2. The molecule has 0 N–H and O–H groups in total. The number of rotatable bonds is 4. The third-order valence-corrected chi connectivity index (χ3v) is 6.60. The molecule has 3 heterocycles. The summed E-state index contributed by atoms with van der Waals surface area (Å²) < 4.78 is 0. The van der Waals surface area contributed by atoms with Gasteiger partial charge in [-0.3, -0.25) is 0 Å². The Hall–Kier alpha value is -0.120. The van der Waals surface area contributed by atoms with Crippen molar-refractivity contribution < 1.29 is 0 Å². The molecule has 3 heteroatoms. The topological polar surface area (TPSA) is 9.72 Å². The molecule has 1 saturated carbocycles. The van der Waals surface area contributed by atoms with E-state index in [-0.39, 0.29) is 0 Å². The van der Waals surface area contributed by atoms with E-state index in [1.165, 1.54) is 90.9 Å². The van der Waals surface area contributed by atoms with Crippen molar-refractivity contribution >= 4 is 0 Å². The number of nitrogens with zero attached hydrogens (tertiary/aromatic N) is 3. The Morgan fingerprint density at radius 2 is 1.33 bits per heavy atom. The molecule has 120 valence electrons. The van der Waals surface area contributed by atoms with Crippen molar-refractivity contribution in [1.29, 1.82) is 0 Å². The van der Waals surface area contributed by atoms with Crippen LogP contribution in [-0.2, 0) is 0 Å². The van der Waals surface area contributed by atoms with Crippen molar-refractivity contribution in [3.05, 3.63) is 0 Å². The zero-order chi connectivity index (χ0) is 14.3. The highest BCUT2D eigenvalue weighted by Gasteiger charge is 2.44. The quantitative estimate of drug-likeness (QED) is 0.786. The summed E-state index contributed by atoms with van der Waals surface area (Å²) in [7, 11) is 2.28. The summed E-state index contributed by atoms with van der Waals surface area (Å²) in [5, 5.41) is 0. The second kappa shape index (κ2) is 5.82. The van der Waals surface area contributed by atoms with Gasteiger partial charge in [0.15, 0.2) is 0 Å². The summed E-state index contributed by atoms with van der Waals surface area (Å²) in [6.45, 7) is 11.0. The number of hydrogen-bond acceptors (Lipinski definition) is 3. The molecule has 1 aliphatic carbocycles. The average Bonchev–Trinajstić information content (AvgIpc) is 3.26. The van der Waals surface area contributed by atoms with Gasteiger partial charge >= 0.3 is 0 Å². The first-order valence-electron chi connectivity index (χ1n) is 9.34. The van der Waals surface area contributed by atoms with E-state index in [2.05, 4.69) is 21.7 Å². The molecule has 4 aliphatic rings. The van der Waals surface area contributed by atoms with Crippen LogP contribution in [0.5, 0.6) is 0 Å². The highest BCUT2D eigenvalue weighted by atomic mass is 15.2. The zero-order valence-corrected chi connectivity index (χ0v) is 13.9. The van der Waals surface area contributed by atoms with Crippen LogP contribution in [0.3, 0.4) is 0 Å². The number of likely N-dealkylation sites (tertiary alicyclic amines) is 3. The molecule has 3 saturated heterocycles. The van der Waals surface area contributed by atoms with Gasteiger partial charge in [0.25, 0.3) is 0 Å². The van der Waals surface area contributed by atoms with Gasteiger partial charge in [-0.2, -0.15) is 0 Å². The lowest BCUT2D eigenvalue weighted by Crippen LogP contribution is -2.61. The summed E-state index contributed by atoms with van der Waals surface area (Å²) in [6.07, 6.45) is 8.81. The molecule has 0 amide bonds. The predicted octanol–water partition coefficient (Wildman–Crippen LogP) is 2.14. The lowest BCUT2D eigenvalue weighted by atomic mass is 9.71. The maximum atomic E-state index is 2.77. The van der Waals surface area contributed by atoms with Crippen LogP contribution in [0.4, 0.5) is 0 Å². The van der Waals surface area contributed by atoms with E-state index in [0.717, 1.165) is 17.3 Å². The van der Waals surface area contributed by atoms with E-state index in [0.29, 0.717) is 0 Å². The lowest BCUT2D eigenvalue weighted by Gasteiger charge is -2.55. The van der Waals surface area contributed by atoms with Crippen LogP contribution >= 0.6 is 0 Å². The van der Waals surface area contributed by atoms with Gasteiger partial charge in [-0.25, -0.2) is 0 Å². The van der Waals surface area contributed by atoms with E-state index in [4.69, 9.17) is 0 Å². The number of piperidine rings is 2. The first kappa shape index (κ1) is 14.5. The molecular formula is C18H33N3. The Kier molecular flexibility index (Phi) is 4.01. The van der Waals surface area contributed by atoms with E-state index in [1.807, 2.05) is 0 Å². The monoisotopic (exact) mass is 291 g/mol. The summed E-state index contributed by atoms with van der Waals surface area (Å²) in [4.78, 5) is 8.01. The Labute approximate surface area is 130 Å². The van der Waals surface area contributed by atoms with Crippen molar-refractivity contribution in [2.45, 2.75) is 38.5 Å². The van der Waals surface area contributed by atoms with Crippen LogP contribution in [0.1, 0.15) is 38.5 Å². The van der Waals surface area contributed by atoms with Gasteiger partial charge in [-0.05, 0) is 89.0 Å². The molecule has 3 nitrogen and oxygen atoms in total. The molecule has 0 radical (unpaired) electrons. The highest BCUT2D eigenvalue weighted by Crippen LogP contribution is 2.41. The molecule has 3 aliphatic heterocycles. The fourth-order valence-corrected chi connectivity index (χ4v) is 4.82. The third kappa shape index (κ3) is 3.46. The van der Waals surface area contributed by atoms with E-state index in [9.17, 15) is 0 Å². The average molecular weight is 291 g/mol. The maximum Gasteiger partial charge on any atom is 0.00516 e. The fraction of sp³-hybridized carbons (Fsp3) is 1.00. The van der Waals surface area contributed by atoms with Crippen molar-refractivity contribution in [2.24, 2.45) is 17.3 Å². The molecule has 0 unspecified atom stereocenters. The van der Waals surface area contributed by atoms with E-state index >= 15 is 0 Å². The van der Waals surface area contributed by atoms with Gasteiger partial charge in [0, 0.05) is 26.2 Å². The summed E-state index contributed by atoms with van der Waals surface area (Å²) in [6, 6.07) is 0. The normalized spacial score (nSPS) is 32.4. The largest absolute Gasteiger partial charge is 0.306 e. The summed E-state index contributed by atoms with van der Waals surface area (Å²) in [5.41, 5.74) is 0.721. The first-order valence-corrected chi connectivity index (χ1v) is 9.34. The molecule has 0 atom stereocenters. The fourth-order valence-electron chi connectivity index (χ4n) is 4.82. The Morgan fingerprint density at radius 1 is 0.762 bits per heavy atom. The summed E-state index contributed by atoms with van der Waals surface area (Å²) >= 11 is 0. The van der Waals surface area contributed by atoms with E-state index < -0.39 is 0 Å². The van der Waals surface area contributed by atoms with Gasteiger partial charge in [-0.1, -0.05) is 0 Å². The van der Waals surface area contributed by atoms with Crippen LogP contribution in [-0.4, -0.2) is 74.1 Å². The lowest BCUT2D eigenvalue weighted by molar-refractivity contribution is -0.0532. The molecular weight excluding hydrogens is 258 g/mol.